The van der Waals surface area contributed by atoms with E-state index < -0.39 is 0 Å². The van der Waals surface area contributed by atoms with E-state index in [1.165, 1.54) is 0 Å². The molecule has 4 aromatic rings. The number of hydrogen-bond acceptors (Lipinski definition) is 6. The van der Waals surface area contributed by atoms with Gasteiger partial charge in [-0.05, 0) is 36.4 Å². The van der Waals surface area contributed by atoms with Crippen LogP contribution >= 0.6 is 11.6 Å². The molecule has 0 spiro atoms. The molecule has 0 aliphatic rings. The molecule has 8 heteroatoms. The summed E-state index contributed by atoms with van der Waals surface area (Å²) in [6.07, 6.45) is 1.99. The van der Waals surface area contributed by atoms with Gasteiger partial charge in [0, 0.05) is 23.6 Å². The minimum atomic E-state index is -0.186. The van der Waals surface area contributed by atoms with Crippen LogP contribution in [0.15, 0.2) is 81.9 Å². The lowest BCUT2D eigenvalue weighted by Gasteiger charge is -2.21. The maximum absolute atomic E-state index is 12.8. The van der Waals surface area contributed by atoms with Crippen molar-refractivity contribution >= 4 is 17.5 Å². The average Bonchev–Trinajstić information content (AvgIpc) is 3.49. The van der Waals surface area contributed by atoms with Crippen molar-refractivity contribution < 1.29 is 18.5 Å². The van der Waals surface area contributed by atoms with E-state index in [9.17, 15) is 4.79 Å². The summed E-state index contributed by atoms with van der Waals surface area (Å²) >= 11 is 5.88. The topological polar surface area (TPSA) is 81.6 Å². The summed E-state index contributed by atoms with van der Waals surface area (Å²) in [5, 5.41) is 4.63. The summed E-state index contributed by atoms with van der Waals surface area (Å²) in [5.41, 5.74) is 0.873. The molecule has 2 aromatic heterocycles. The van der Waals surface area contributed by atoms with Gasteiger partial charge in [0.15, 0.2) is 6.61 Å². The minimum Gasteiger partial charge on any atom is -0.484 e. The first kappa shape index (κ1) is 20.7. The highest BCUT2D eigenvalue weighted by Crippen LogP contribution is 2.17. The monoisotopic (exact) mass is 437 g/mol. The van der Waals surface area contributed by atoms with Gasteiger partial charge < -0.3 is 18.6 Å². The molecule has 0 N–H and O–H groups in total. The van der Waals surface area contributed by atoms with Gasteiger partial charge in [-0.3, -0.25) is 4.79 Å². The lowest BCUT2D eigenvalue weighted by Crippen LogP contribution is -2.36. The van der Waals surface area contributed by atoms with Gasteiger partial charge in [0.1, 0.15) is 11.5 Å². The fourth-order valence-electron chi connectivity index (χ4n) is 2.94. The Morgan fingerprint density at radius 3 is 2.58 bits per heavy atom. The van der Waals surface area contributed by atoms with E-state index >= 15 is 0 Å². The maximum atomic E-state index is 12.8. The molecule has 1 amide bonds. The van der Waals surface area contributed by atoms with Crippen molar-refractivity contribution in [2.24, 2.45) is 0 Å². The second-order valence-corrected chi connectivity index (χ2v) is 7.20. The third-order valence-electron chi connectivity index (χ3n) is 4.55. The van der Waals surface area contributed by atoms with Gasteiger partial charge in [0.25, 0.3) is 5.91 Å². The number of aromatic nitrogens is 2. The number of carbonyl (C=O) groups excluding carboxylic acids is 1. The van der Waals surface area contributed by atoms with Crippen LogP contribution in [0.1, 0.15) is 11.7 Å². The van der Waals surface area contributed by atoms with Gasteiger partial charge in [-0.15, -0.1) is 0 Å². The Hall–Kier alpha value is -3.58. The highest BCUT2D eigenvalue weighted by molar-refractivity contribution is 6.30. The normalized spacial score (nSPS) is 10.7. The molecule has 158 valence electrons. The number of benzene rings is 2. The molecular weight excluding hydrogens is 418 g/mol. The van der Waals surface area contributed by atoms with Gasteiger partial charge in [0.2, 0.25) is 11.7 Å². The van der Waals surface area contributed by atoms with E-state index in [1.807, 2.05) is 36.4 Å². The molecular formula is C23H20ClN3O4. The lowest BCUT2D eigenvalue weighted by atomic mass is 10.2. The number of hydrogen-bond donors (Lipinski definition) is 0. The van der Waals surface area contributed by atoms with Crippen LogP contribution in [0.4, 0.5) is 0 Å². The van der Waals surface area contributed by atoms with E-state index in [2.05, 4.69) is 10.1 Å². The molecule has 7 nitrogen and oxygen atoms in total. The molecule has 0 bridgehead atoms. The fourth-order valence-corrected chi connectivity index (χ4v) is 3.07. The van der Waals surface area contributed by atoms with Gasteiger partial charge in [-0.2, -0.15) is 4.98 Å². The second-order valence-electron chi connectivity index (χ2n) is 6.77. The van der Waals surface area contributed by atoms with E-state index in [1.54, 1.807) is 41.5 Å². The largest absolute Gasteiger partial charge is 0.484 e. The Bertz CT molecular complexity index is 1100. The van der Waals surface area contributed by atoms with Crippen LogP contribution in [0.3, 0.4) is 0 Å². The van der Waals surface area contributed by atoms with Crippen LogP contribution in [0.25, 0.3) is 11.4 Å². The quantitative estimate of drug-likeness (QED) is 0.379. The number of rotatable bonds is 9. The second kappa shape index (κ2) is 9.95. The Labute approximate surface area is 184 Å². The number of furan rings is 1. The predicted molar refractivity (Wildman–Crippen MR) is 115 cm³/mol. The third kappa shape index (κ3) is 5.73. The Balaban J connectivity index is 1.39. The first-order chi connectivity index (χ1) is 15.2. The molecule has 2 aromatic carbocycles. The van der Waals surface area contributed by atoms with Crippen LogP contribution in [0, 0.1) is 0 Å². The molecule has 31 heavy (non-hydrogen) atoms. The molecule has 0 fully saturated rings. The summed E-state index contributed by atoms with van der Waals surface area (Å²) < 4.78 is 16.4. The Morgan fingerprint density at radius 2 is 1.84 bits per heavy atom. The smallest absolute Gasteiger partial charge is 0.260 e. The molecule has 0 saturated carbocycles. The summed E-state index contributed by atoms with van der Waals surface area (Å²) in [5.74, 6) is 2.03. The zero-order valence-corrected chi connectivity index (χ0v) is 17.4. The van der Waals surface area contributed by atoms with Crippen molar-refractivity contribution in [3.8, 4) is 17.1 Å². The van der Waals surface area contributed by atoms with Gasteiger partial charge in [-0.1, -0.05) is 47.1 Å². The SMILES string of the molecule is O=C(COc1ccc(Cl)cc1)N(CCc1nc(-c2ccccc2)no1)Cc1ccco1. The Morgan fingerprint density at radius 1 is 1.03 bits per heavy atom. The fraction of sp³-hybridized carbons (Fsp3) is 0.174. The van der Waals surface area contributed by atoms with Crippen molar-refractivity contribution in [2.45, 2.75) is 13.0 Å². The highest BCUT2D eigenvalue weighted by atomic mass is 35.5. The zero-order valence-electron chi connectivity index (χ0n) is 16.6. The predicted octanol–water partition coefficient (Wildman–Crippen LogP) is 4.63. The number of halogens is 1. The van der Waals surface area contributed by atoms with Crippen molar-refractivity contribution in [3.05, 3.63) is 89.7 Å². The molecule has 0 aliphatic carbocycles. The van der Waals surface area contributed by atoms with Crippen LogP contribution < -0.4 is 4.74 Å². The third-order valence-corrected chi connectivity index (χ3v) is 4.80. The molecule has 0 radical (unpaired) electrons. The summed E-state index contributed by atoms with van der Waals surface area (Å²) in [7, 11) is 0. The molecule has 0 aliphatic heterocycles. The van der Waals surface area contributed by atoms with Gasteiger partial charge >= 0.3 is 0 Å². The molecule has 2 heterocycles. The maximum Gasteiger partial charge on any atom is 0.260 e. The lowest BCUT2D eigenvalue weighted by molar-refractivity contribution is -0.134. The standard InChI is InChI=1S/C23H20ClN3O4/c24-18-8-10-19(11-9-18)30-16-22(28)27(15-20-7-4-14-29-20)13-12-21-25-23(26-31-21)17-5-2-1-3-6-17/h1-11,14H,12-13,15-16H2. The van der Waals surface area contributed by atoms with E-state index in [0.717, 1.165) is 5.56 Å². The average molecular weight is 438 g/mol. The van der Waals surface area contributed by atoms with Gasteiger partial charge in [0.05, 0.1) is 12.8 Å². The first-order valence-electron chi connectivity index (χ1n) is 9.74. The van der Waals surface area contributed by atoms with Crippen molar-refractivity contribution in [2.75, 3.05) is 13.2 Å². The molecule has 4 rings (SSSR count). The number of ether oxygens (including phenoxy) is 1. The summed E-state index contributed by atoms with van der Waals surface area (Å²) in [6, 6.07) is 20.0. The number of amides is 1. The van der Waals surface area contributed by atoms with Crippen LogP contribution in [-0.2, 0) is 17.8 Å². The molecule has 0 saturated heterocycles. The summed E-state index contributed by atoms with van der Waals surface area (Å²) in [4.78, 5) is 18.9. The van der Waals surface area contributed by atoms with E-state index in [0.29, 0.717) is 47.8 Å². The van der Waals surface area contributed by atoms with Gasteiger partial charge in [-0.25, -0.2) is 0 Å². The highest BCUT2D eigenvalue weighted by Gasteiger charge is 2.18. The number of carbonyl (C=O) groups is 1. The summed E-state index contributed by atoms with van der Waals surface area (Å²) in [6.45, 7) is 0.580. The van der Waals surface area contributed by atoms with E-state index in [4.69, 9.17) is 25.3 Å². The van der Waals surface area contributed by atoms with Crippen LogP contribution in [-0.4, -0.2) is 34.1 Å². The van der Waals surface area contributed by atoms with E-state index in [-0.39, 0.29) is 12.5 Å². The van der Waals surface area contributed by atoms with Crippen molar-refractivity contribution in [3.63, 3.8) is 0 Å². The van der Waals surface area contributed by atoms with Crippen molar-refractivity contribution in [1.29, 1.82) is 0 Å². The first-order valence-corrected chi connectivity index (χ1v) is 10.1. The number of nitrogens with zero attached hydrogens (tertiary/aromatic N) is 3. The van der Waals surface area contributed by atoms with Crippen LogP contribution in [0.5, 0.6) is 5.75 Å². The zero-order chi connectivity index (χ0) is 21.5. The molecule has 0 unspecified atom stereocenters. The molecule has 0 atom stereocenters. The Kier molecular flexibility index (Phi) is 6.64. The van der Waals surface area contributed by atoms with Crippen LogP contribution in [0.2, 0.25) is 5.02 Å². The minimum absolute atomic E-state index is 0.110. The van der Waals surface area contributed by atoms with Crippen molar-refractivity contribution in [1.82, 2.24) is 15.0 Å².